The first-order valence-electron chi connectivity index (χ1n) is 6.10. The molecule has 102 valence electrons. The third-order valence-electron chi connectivity index (χ3n) is 3.35. The van der Waals surface area contributed by atoms with E-state index in [0.29, 0.717) is 12.5 Å². The number of halogens is 1. The van der Waals surface area contributed by atoms with Gasteiger partial charge in [0.25, 0.3) is 0 Å². The number of benzene rings is 1. The minimum atomic E-state index is 0.343. The smallest absolute Gasteiger partial charge is 0.165 e. The van der Waals surface area contributed by atoms with E-state index in [9.17, 15) is 0 Å². The molecule has 0 radical (unpaired) electrons. The molecule has 3 nitrogen and oxygen atoms in total. The minimum Gasteiger partial charge on any atom is -0.493 e. The number of methoxy groups -OCH3 is 2. The van der Waals surface area contributed by atoms with Gasteiger partial charge in [-0.15, -0.1) is 0 Å². The molecule has 0 spiro atoms. The van der Waals surface area contributed by atoms with E-state index < -0.39 is 0 Å². The van der Waals surface area contributed by atoms with Gasteiger partial charge in [0.1, 0.15) is 0 Å². The fraction of sp³-hybridized carbons (Fsp3) is 0.571. The molecule has 0 amide bonds. The molecule has 0 aliphatic heterocycles. The lowest BCUT2D eigenvalue weighted by Gasteiger charge is -2.23. The van der Waals surface area contributed by atoms with Gasteiger partial charge in [-0.2, -0.15) is 0 Å². The van der Waals surface area contributed by atoms with Gasteiger partial charge in [-0.05, 0) is 38.3 Å². The summed E-state index contributed by atoms with van der Waals surface area (Å²) in [5.41, 5.74) is 9.11. The topological polar surface area (TPSA) is 44.5 Å². The Morgan fingerprint density at radius 2 is 1.67 bits per heavy atom. The molecule has 0 saturated carbocycles. The second-order valence-electron chi connectivity index (χ2n) is 4.52. The van der Waals surface area contributed by atoms with E-state index in [1.54, 1.807) is 14.2 Å². The van der Waals surface area contributed by atoms with Crippen LogP contribution in [0.4, 0.5) is 0 Å². The summed E-state index contributed by atoms with van der Waals surface area (Å²) in [6, 6.07) is 0. The lowest BCUT2D eigenvalue weighted by molar-refractivity contribution is 0.346. The van der Waals surface area contributed by atoms with Crippen molar-refractivity contribution in [2.75, 3.05) is 20.8 Å². The van der Waals surface area contributed by atoms with E-state index in [-0.39, 0.29) is 0 Å². The van der Waals surface area contributed by atoms with Crippen LogP contribution < -0.4 is 15.2 Å². The second kappa shape index (κ2) is 6.43. The van der Waals surface area contributed by atoms with Gasteiger partial charge in [0.2, 0.25) is 0 Å². The molecule has 1 unspecified atom stereocenters. The van der Waals surface area contributed by atoms with Crippen LogP contribution >= 0.6 is 15.9 Å². The normalized spacial score (nSPS) is 12.4. The van der Waals surface area contributed by atoms with Gasteiger partial charge in [-0.1, -0.05) is 22.9 Å². The Hall–Kier alpha value is -0.740. The molecule has 0 saturated heterocycles. The van der Waals surface area contributed by atoms with Crippen LogP contribution in [0.5, 0.6) is 11.5 Å². The van der Waals surface area contributed by atoms with Crippen LogP contribution in [0.1, 0.15) is 36.0 Å². The quantitative estimate of drug-likeness (QED) is 0.904. The van der Waals surface area contributed by atoms with E-state index >= 15 is 0 Å². The van der Waals surface area contributed by atoms with Gasteiger partial charge in [-0.25, -0.2) is 0 Å². The number of hydrogen-bond acceptors (Lipinski definition) is 3. The molecule has 0 bridgehead atoms. The molecule has 0 fully saturated rings. The van der Waals surface area contributed by atoms with Gasteiger partial charge in [0.05, 0.1) is 14.2 Å². The average molecular weight is 316 g/mol. The molecule has 0 aliphatic carbocycles. The first-order valence-corrected chi connectivity index (χ1v) is 6.89. The van der Waals surface area contributed by atoms with Crippen molar-refractivity contribution >= 4 is 15.9 Å². The fourth-order valence-electron chi connectivity index (χ4n) is 2.40. The number of rotatable bonds is 5. The maximum absolute atomic E-state index is 5.66. The molecule has 0 heterocycles. The van der Waals surface area contributed by atoms with Gasteiger partial charge in [-0.3, -0.25) is 0 Å². The first-order chi connectivity index (χ1) is 8.49. The Morgan fingerprint density at radius 3 is 2.11 bits per heavy atom. The summed E-state index contributed by atoms with van der Waals surface area (Å²) < 4.78 is 12.1. The van der Waals surface area contributed by atoms with Crippen molar-refractivity contribution in [1.82, 2.24) is 0 Å². The van der Waals surface area contributed by atoms with Crippen molar-refractivity contribution in [2.24, 2.45) is 5.73 Å². The van der Waals surface area contributed by atoms with Gasteiger partial charge < -0.3 is 15.2 Å². The highest BCUT2D eigenvalue weighted by Gasteiger charge is 2.23. The summed E-state index contributed by atoms with van der Waals surface area (Å²) in [7, 11) is 3.35. The van der Waals surface area contributed by atoms with Crippen LogP contribution in [0, 0.1) is 13.8 Å². The van der Waals surface area contributed by atoms with Crippen LogP contribution in [0.3, 0.4) is 0 Å². The maximum Gasteiger partial charge on any atom is 0.165 e. The Bertz CT molecular complexity index is 433. The highest BCUT2D eigenvalue weighted by atomic mass is 79.9. The van der Waals surface area contributed by atoms with Crippen molar-refractivity contribution in [3.05, 3.63) is 21.2 Å². The lowest BCUT2D eigenvalue weighted by Crippen LogP contribution is -2.09. The van der Waals surface area contributed by atoms with Gasteiger partial charge in [0.15, 0.2) is 11.5 Å². The fourth-order valence-corrected chi connectivity index (χ4v) is 2.79. The third kappa shape index (κ3) is 2.64. The molecular weight excluding hydrogens is 294 g/mol. The van der Waals surface area contributed by atoms with Crippen LogP contribution in [-0.2, 0) is 0 Å². The molecule has 0 aromatic heterocycles. The molecular formula is C14H22BrNO2. The zero-order valence-electron chi connectivity index (χ0n) is 11.8. The van der Waals surface area contributed by atoms with E-state index in [1.807, 2.05) is 6.92 Å². The minimum absolute atomic E-state index is 0.343. The molecule has 1 aromatic rings. The predicted molar refractivity (Wildman–Crippen MR) is 78.8 cm³/mol. The largest absolute Gasteiger partial charge is 0.493 e. The number of hydrogen-bond donors (Lipinski definition) is 1. The molecule has 1 atom stereocenters. The van der Waals surface area contributed by atoms with E-state index in [1.165, 1.54) is 11.1 Å². The van der Waals surface area contributed by atoms with E-state index in [2.05, 4.69) is 29.8 Å². The molecule has 4 heteroatoms. The molecule has 0 aliphatic rings. The zero-order valence-corrected chi connectivity index (χ0v) is 13.3. The standard InChI is InChI=1S/C14H22BrNO2/c1-8(6-7-16)11-9(2)12(15)10(3)13(17-4)14(11)18-5/h8H,6-7,16H2,1-5H3. The Labute approximate surface area is 118 Å². The predicted octanol–water partition coefficient (Wildman–Crippen LogP) is 3.54. The number of ether oxygens (including phenoxy) is 2. The summed E-state index contributed by atoms with van der Waals surface area (Å²) in [5, 5.41) is 0. The van der Waals surface area contributed by atoms with Crippen LogP contribution in [-0.4, -0.2) is 20.8 Å². The Morgan fingerprint density at radius 1 is 1.11 bits per heavy atom. The Balaban J connectivity index is 3.52. The van der Waals surface area contributed by atoms with Crippen molar-refractivity contribution in [2.45, 2.75) is 33.1 Å². The molecule has 1 aromatic carbocycles. The molecule has 18 heavy (non-hydrogen) atoms. The van der Waals surface area contributed by atoms with E-state index in [4.69, 9.17) is 15.2 Å². The van der Waals surface area contributed by atoms with Crippen LogP contribution in [0.2, 0.25) is 0 Å². The molecule has 2 N–H and O–H groups in total. The summed E-state index contributed by atoms with van der Waals surface area (Å²) >= 11 is 3.64. The van der Waals surface area contributed by atoms with Crippen LogP contribution in [0.25, 0.3) is 0 Å². The van der Waals surface area contributed by atoms with Crippen molar-refractivity contribution in [1.29, 1.82) is 0 Å². The zero-order chi connectivity index (χ0) is 13.9. The highest BCUT2D eigenvalue weighted by molar-refractivity contribution is 9.10. The lowest BCUT2D eigenvalue weighted by atomic mass is 9.91. The average Bonchev–Trinajstić information content (AvgIpc) is 2.35. The summed E-state index contributed by atoms with van der Waals surface area (Å²) in [6.45, 7) is 6.95. The molecule has 1 rings (SSSR count). The summed E-state index contributed by atoms with van der Waals surface area (Å²) in [6.07, 6.45) is 0.926. The van der Waals surface area contributed by atoms with Gasteiger partial charge in [0, 0.05) is 15.6 Å². The number of nitrogens with two attached hydrogens (primary N) is 1. The summed E-state index contributed by atoms with van der Waals surface area (Å²) in [5.74, 6) is 1.97. The van der Waals surface area contributed by atoms with Gasteiger partial charge >= 0.3 is 0 Å². The van der Waals surface area contributed by atoms with E-state index in [0.717, 1.165) is 28.0 Å². The second-order valence-corrected chi connectivity index (χ2v) is 5.32. The SMILES string of the molecule is COc1c(C)c(Br)c(C)c(C(C)CCN)c1OC. The maximum atomic E-state index is 5.66. The van der Waals surface area contributed by atoms with Crippen molar-refractivity contribution < 1.29 is 9.47 Å². The monoisotopic (exact) mass is 315 g/mol. The van der Waals surface area contributed by atoms with Crippen molar-refractivity contribution in [3.63, 3.8) is 0 Å². The highest BCUT2D eigenvalue weighted by Crippen LogP contribution is 2.45. The Kier molecular flexibility index (Phi) is 5.47. The van der Waals surface area contributed by atoms with Crippen LogP contribution in [0.15, 0.2) is 4.47 Å². The summed E-state index contributed by atoms with van der Waals surface area (Å²) in [4.78, 5) is 0. The van der Waals surface area contributed by atoms with Crippen molar-refractivity contribution in [3.8, 4) is 11.5 Å². The first kappa shape index (κ1) is 15.3. The third-order valence-corrected chi connectivity index (χ3v) is 4.54.